The zero-order valence-electron chi connectivity index (χ0n) is 19.2. The van der Waals surface area contributed by atoms with Crippen LogP contribution in [0.15, 0.2) is 41.1 Å². The third-order valence-corrected chi connectivity index (χ3v) is 10.5. The summed E-state index contributed by atoms with van der Waals surface area (Å²) in [6.45, 7) is 15.3. The zero-order valence-corrected chi connectivity index (χ0v) is 20.9. The Labute approximate surface area is 183 Å². The molecule has 0 spiro atoms. The molecule has 1 aromatic heterocycles. The van der Waals surface area contributed by atoms with Crippen molar-refractivity contribution in [3.63, 3.8) is 0 Å². The minimum atomic E-state index is -1.98. The van der Waals surface area contributed by atoms with Gasteiger partial charge in [-0.05, 0) is 68.9 Å². The smallest absolute Gasteiger partial charge is 0.192 e. The van der Waals surface area contributed by atoms with Crippen LogP contribution in [-0.4, -0.2) is 25.7 Å². The molecule has 1 rings (SSSR count). The molecule has 2 atom stereocenters. The summed E-state index contributed by atoms with van der Waals surface area (Å²) in [6.07, 6.45) is 10.5. The molecular weight excluding hydrogens is 398 g/mol. The summed E-state index contributed by atoms with van der Waals surface area (Å²) in [5, 5.41) is 0.795. The molecule has 162 valence electrons. The number of aldehydes is 1. The van der Waals surface area contributed by atoms with Crippen LogP contribution >= 0.6 is 11.6 Å². The van der Waals surface area contributed by atoms with Crippen molar-refractivity contribution in [2.24, 2.45) is 5.92 Å². The van der Waals surface area contributed by atoms with E-state index in [4.69, 9.17) is 16.0 Å². The maximum atomic E-state index is 10.8. The van der Waals surface area contributed by atoms with E-state index < -0.39 is 8.32 Å². The van der Waals surface area contributed by atoms with Crippen molar-refractivity contribution in [2.75, 3.05) is 0 Å². The summed E-state index contributed by atoms with van der Waals surface area (Å²) >= 11 is 6.74. The van der Waals surface area contributed by atoms with Gasteiger partial charge in [0.15, 0.2) is 8.32 Å². The summed E-state index contributed by atoms with van der Waals surface area (Å²) in [5.41, 5.74) is 2.15. The molecule has 1 aromatic rings. The van der Waals surface area contributed by atoms with Crippen molar-refractivity contribution in [3.05, 3.63) is 46.8 Å². The van der Waals surface area contributed by atoms with Gasteiger partial charge >= 0.3 is 0 Å². The van der Waals surface area contributed by atoms with Crippen LogP contribution in [0.1, 0.15) is 66.0 Å². The maximum Gasteiger partial charge on any atom is 0.192 e. The van der Waals surface area contributed by atoms with Gasteiger partial charge in [0.1, 0.15) is 6.29 Å². The number of carbonyl (C=O) groups excluding carboxylic acids is 1. The summed E-state index contributed by atoms with van der Waals surface area (Å²) < 4.78 is 6.67. The zero-order chi connectivity index (χ0) is 22.1. The van der Waals surface area contributed by atoms with Gasteiger partial charge in [0.25, 0.3) is 0 Å². The fraction of sp³-hybridized carbons (Fsp3) is 0.583. The fourth-order valence-corrected chi connectivity index (χ4v) is 4.23. The van der Waals surface area contributed by atoms with Crippen LogP contribution < -0.4 is 0 Å². The van der Waals surface area contributed by atoms with E-state index in [1.807, 2.05) is 31.2 Å². The third-order valence-electron chi connectivity index (χ3n) is 5.67. The Kier molecular flexibility index (Phi) is 10.5. The van der Waals surface area contributed by atoms with E-state index in [-0.39, 0.29) is 17.1 Å². The number of rotatable bonds is 11. The molecule has 0 unspecified atom stereocenters. The molecule has 0 radical (unpaired) electrons. The van der Waals surface area contributed by atoms with Gasteiger partial charge in [-0.2, -0.15) is 0 Å². The van der Waals surface area contributed by atoms with Crippen LogP contribution in [0.2, 0.25) is 18.1 Å². The van der Waals surface area contributed by atoms with E-state index in [2.05, 4.69) is 51.8 Å². The van der Waals surface area contributed by atoms with E-state index in [0.717, 1.165) is 37.7 Å². The van der Waals surface area contributed by atoms with E-state index in [9.17, 15) is 4.79 Å². The highest BCUT2D eigenvalue weighted by Gasteiger charge is 2.39. The first-order valence-electron chi connectivity index (χ1n) is 10.5. The second-order valence-electron chi connectivity index (χ2n) is 9.44. The van der Waals surface area contributed by atoms with E-state index >= 15 is 0 Å². The summed E-state index contributed by atoms with van der Waals surface area (Å²) in [7, 11) is -1.98. The van der Waals surface area contributed by atoms with Gasteiger partial charge in [-0.25, -0.2) is 0 Å². The molecule has 29 heavy (non-hydrogen) atoms. The molecule has 5 heteroatoms. The van der Waals surface area contributed by atoms with Crippen LogP contribution in [-0.2, 0) is 9.22 Å². The van der Waals surface area contributed by atoms with Crippen LogP contribution in [0.5, 0.6) is 0 Å². The molecule has 0 fully saturated rings. The molecule has 0 bridgehead atoms. The van der Waals surface area contributed by atoms with Gasteiger partial charge in [-0.15, -0.1) is 0 Å². The first-order chi connectivity index (χ1) is 13.5. The summed E-state index contributed by atoms with van der Waals surface area (Å²) in [4.78, 5) is 15.1. The lowest BCUT2D eigenvalue weighted by atomic mass is 10.0. The minimum absolute atomic E-state index is 0.108. The first-order valence-corrected chi connectivity index (χ1v) is 13.8. The quantitative estimate of drug-likeness (QED) is 0.206. The van der Waals surface area contributed by atoms with Crippen molar-refractivity contribution >= 4 is 32.3 Å². The Morgan fingerprint density at radius 2 is 2.00 bits per heavy atom. The normalized spacial score (nSPS) is 15.9. The Morgan fingerprint density at radius 1 is 1.31 bits per heavy atom. The molecule has 0 saturated carbocycles. The minimum Gasteiger partial charge on any atom is -0.409 e. The van der Waals surface area contributed by atoms with Gasteiger partial charge in [0, 0.05) is 17.1 Å². The number of hydrogen-bond acceptors (Lipinski definition) is 3. The number of halogens is 1. The van der Waals surface area contributed by atoms with Crippen molar-refractivity contribution in [3.8, 4) is 0 Å². The highest BCUT2D eigenvalue weighted by Crippen LogP contribution is 2.39. The third kappa shape index (κ3) is 9.41. The Hall–Kier alpha value is -1.23. The first kappa shape index (κ1) is 25.8. The van der Waals surface area contributed by atoms with Crippen molar-refractivity contribution in [1.82, 2.24) is 4.98 Å². The van der Waals surface area contributed by atoms with Gasteiger partial charge in [0.05, 0.1) is 11.8 Å². The molecule has 0 aromatic carbocycles. The second-order valence-corrected chi connectivity index (χ2v) is 14.6. The average Bonchev–Trinajstić information content (AvgIpc) is 2.64. The summed E-state index contributed by atoms with van der Waals surface area (Å²) in [5.74, 6) is 0.133. The van der Waals surface area contributed by atoms with Crippen LogP contribution in [0.25, 0.3) is 6.08 Å². The van der Waals surface area contributed by atoms with Crippen molar-refractivity contribution in [2.45, 2.75) is 84.5 Å². The number of aromatic nitrogens is 1. The van der Waals surface area contributed by atoms with E-state index in [0.29, 0.717) is 5.03 Å². The number of nitrogens with zero attached hydrogens (tertiary/aromatic N) is 1. The van der Waals surface area contributed by atoms with Crippen molar-refractivity contribution in [1.29, 1.82) is 0 Å². The lowest BCUT2D eigenvalue weighted by Gasteiger charge is -2.39. The fourth-order valence-electron chi connectivity index (χ4n) is 2.63. The lowest BCUT2D eigenvalue weighted by Crippen LogP contribution is -2.44. The standard InChI is InChI=1S/C24H38ClNO2Si/c1-19(11-10-12-20(2)18-27)14-15-23(28-29(6,7)24(3,4)5)22(25)17-21-13-8-9-16-26-21/h8-9,13-14,16-18,20,23H,10-12,15H2,1-7H3/b19-14+,22-17-/t20-,23-/m0/s1. The number of pyridine rings is 1. The molecule has 0 aliphatic carbocycles. The van der Waals surface area contributed by atoms with Gasteiger partial charge < -0.3 is 9.22 Å². The molecule has 1 heterocycles. The van der Waals surface area contributed by atoms with Gasteiger partial charge in [-0.1, -0.05) is 57.0 Å². The number of allylic oxidation sites excluding steroid dienone is 1. The van der Waals surface area contributed by atoms with E-state index in [1.54, 1.807) is 6.20 Å². The molecule has 0 amide bonds. The Balaban J connectivity index is 2.94. The predicted molar refractivity (Wildman–Crippen MR) is 128 cm³/mol. The molecule has 0 N–H and O–H groups in total. The van der Waals surface area contributed by atoms with Crippen LogP contribution in [0, 0.1) is 5.92 Å². The highest BCUT2D eigenvalue weighted by molar-refractivity contribution is 6.74. The van der Waals surface area contributed by atoms with E-state index in [1.165, 1.54) is 5.57 Å². The maximum absolute atomic E-state index is 10.8. The van der Waals surface area contributed by atoms with Crippen LogP contribution in [0.4, 0.5) is 0 Å². The van der Waals surface area contributed by atoms with Crippen molar-refractivity contribution < 1.29 is 9.22 Å². The average molecular weight is 436 g/mol. The molecule has 0 aliphatic rings. The predicted octanol–water partition coefficient (Wildman–Crippen LogP) is 7.39. The SMILES string of the molecule is C/C(=C\C[C@H](O[Si](C)(C)C(C)(C)C)/C(Cl)=C/c1ccccn1)CCC[C@H](C)C=O. The molecular formula is C24H38ClNO2Si. The Bertz CT molecular complexity index is 693. The second kappa shape index (κ2) is 11.8. The topological polar surface area (TPSA) is 39.2 Å². The van der Waals surface area contributed by atoms with Gasteiger partial charge in [0.2, 0.25) is 0 Å². The lowest BCUT2D eigenvalue weighted by molar-refractivity contribution is -0.110. The monoisotopic (exact) mass is 435 g/mol. The molecule has 3 nitrogen and oxygen atoms in total. The number of hydrogen-bond donors (Lipinski definition) is 0. The number of carbonyl (C=O) groups is 1. The summed E-state index contributed by atoms with van der Waals surface area (Å²) in [6, 6.07) is 5.80. The van der Waals surface area contributed by atoms with Crippen LogP contribution in [0.3, 0.4) is 0 Å². The highest BCUT2D eigenvalue weighted by atomic mass is 35.5. The molecule has 0 saturated heterocycles. The largest absolute Gasteiger partial charge is 0.409 e. The Morgan fingerprint density at radius 3 is 2.55 bits per heavy atom. The molecule has 0 aliphatic heterocycles. The van der Waals surface area contributed by atoms with Gasteiger partial charge in [-0.3, -0.25) is 4.98 Å².